The zero-order chi connectivity index (χ0) is 11.9. The van der Waals surface area contributed by atoms with Crippen LogP contribution in [-0.2, 0) is 10.9 Å². The standard InChI is InChI=1S/C10H10F3NO2/c1-5-6-2-9(10(11,12)13)14-3-7(6)8(15)4-16-5/h2-3,5,8,15H,4H2,1H3/t5-,8?/m1/s1. The van der Waals surface area contributed by atoms with Gasteiger partial charge in [0, 0.05) is 11.8 Å². The molecule has 2 atom stereocenters. The first-order chi connectivity index (χ1) is 7.39. The minimum Gasteiger partial charge on any atom is -0.386 e. The molecule has 1 aromatic heterocycles. The number of pyridine rings is 1. The number of aliphatic hydroxyl groups is 1. The first-order valence-corrected chi connectivity index (χ1v) is 4.76. The van der Waals surface area contributed by atoms with Gasteiger partial charge in [-0.25, -0.2) is 0 Å². The third-order valence-electron chi connectivity index (χ3n) is 2.56. The Bertz CT molecular complexity index is 406. The van der Waals surface area contributed by atoms with Crippen LogP contribution in [-0.4, -0.2) is 16.7 Å². The molecule has 2 rings (SSSR count). The van der Waals surface area contributed by atoms with Crippen molar-refractivity contribution in [1.29, 1.82) is 0 Å². The summed E-state index contributed by atoms with van der Waals surface area (Å²) in [6.45, 7) is 1.73. The summed E-state index contributed by atoms with van der Waals surface area (Å²) in [4.78, 5) is 3.31. The van der Waals surface area contributed by atoms with Gasteiger partial charge in [0.1, 0.15) is 11.8 Å². The maximum atomic E-state index is 12.4. The Kier molecular flexibility index (Phi) is 2.63. The Labute approximate surface area is 89.9 Å². The van der Waals surface area contributed by atoms with Crippen LogP contribution in [0.1, 0.15) is 36.0 Å². The number of hydrogen-bond acceptors (Lipinski definition) is 3. The summed E-state index contributed by atoms with van der Waals surface area (Å²) in [5, 5.41) is 9.53. The van der Waals surface area contributed by atoms with Crippen molar-refractivity contribution in [3.05, 3.63) is 29.1 Å². The van der Waals surface area contributed by atoms with E-state index >= 15 is 0 Å². The quantitative estimate of drug-likeness (QED) is 0.747. The van der Waals surface area contributed by atoms with Crippen molar-refractivity contribution in [2.45, 2.75) is 25.3 Å². The number of rotatable bonds is 0. The van der Waals surface area contributed by atoms with Gasteiger partial charge in [-0.1, -0.05) is 0 Å². The Morgan fingerprint density at radius 2 is 2.12 bits per heavy atom. The minimum atomic E-state index is -4.48. The number of halogens is 3. The Morgan fingerprint density at radius 1 is 1.44 bits per heavy atom. The van der Waals surface area contributed by atoms with Gasteiger partial charge in [0.2, 0.25) is 0 Å². The van der Waals surface area contributed by atoms with E-state index in [2.05, 4.69) is 4.98 Å². The van der Waals surface area contributed by atoms with Crippen molar-refractivity contribution < 1.29 is 23.0 Å². The van der Waals surface area contributed by atoms with Gasteiger partial charge in [-0.3, -0.25) is 4.98 Å². The zero-order valence-electron chi connectivity index (χ0n) is 8.45. The number of hydrogen-bond donors (Lipinski definition) is 1. The van der Waals surface area contributed by atoms with Crippen LogP contribution in [0, 0.1) is 0 Å². The van der Waals surface area contributed by atoms with Gasteiger partial charge in [0.05, 0.1) is 12.7 Å². The molecular formula is C10H10F3NO2. The highest BCUT2D eigenvalue weighted by molar-refractivity contribution is 5.32. The molecule has 0 amide bonds. The molecule has 1 aliphatic heterocycles. The number of aromatic nitrogens is 1. The maximum absolute atomic E-state index is 12.4. The summed E-state index contributed by atoms with van der Waals surface area (Å²) in [6, 6.07) is 0.933. The molecule has 0 spiro atoms. The highest BCUT2D eigenvalue weighted by Gasteiger charge is 2.35. The number of alkyl halides is 3. The topological polar surface area (TPSA) is 42.4 Å². The molecule has 0 radical (unpaired) electrons. The molecule has 2 heterocycles. The van der Waals surface area contributed by atoms with Crippen LogP contribution < -0.4 is 0 Å². The van der Waals surface area contributed by atoms with Crippen molar-refractivity contribution in [3.63, 3.8) is 0 Å². The van der Waals surface area contributed by atoms with E-state index in [4.69, 9.17) is 4.74 Å². The molecule has 0 fully saturated rings. The summed E-state index contributed by atoms with van der Waals surface area (Å²) in [7, 11) is 0. The lowest BCUT2D eigenvalue weighted by Gasteiger charge is -2.27. The lowest BCUT2D eigenvalue weighted by molar-refractivity contribution is -0.141. The van der Waals surface area contributed by atoms with E-state index < -0.39 is 24.1 Å². The summed E-state index contributed by atoms with van der Waals surface area (Å²) in [5.41, 5.74) is -0.205. The van der Waals surface area contributed by atoms with Gasteiger partial charge in [0.25, 0.3) is 0 Å². The largest absolute Gasteiger partial charge is 0.433 e. The summed E-state index contributed by atoms with van der Waals surface area (Å²) >= 11 is 0. The first-order valence-electron chi connectivity index (χ1n) is 4.76. The van der Waals surface area contributed by atoms with Gasteiger partial charge in [-0.05, 0) is 18.6 Å². The Hall–Kier alpha value is -1.14. The zero-order valence-corrected chi connectivity index (χ0v) is 8.45. The Morgan fingerprint density at radius 3 is 2.75 bits per heavy atom. The minimum absolute atomic E-state index is 0.0845. The molecule has 0 saturated carbocycles. The van der Waals surface area contributed by atoms with Crippen molar-refractivity contribution >= 4 is 0 Å². The predicted octanol–water partition coefficient (Wildman–Crippen LogP) is 2.23. The monoisotopic (exact) mass is 233 g/mol. The van der Waals surface area contributed by atoms with Crippen molar-refractivity contribution in [3.8, 4) is 0 Å². The molecule has 0 saturated heterocycles. The lowest BCUT2D eigenvalue weighted by Crippen LogP contribution is -2.21. The van der Waals surface area contributed by atoms with Gasteiger partial charge < -0.3 is 9.84 Å². The maximum Gasteiger partial charge on any atom is 0.433 e. The molecule has 0 aromatic carbocycles. The summed E-state index contributed by atoms with van der Waals surface area (Å²) < 4.78 is 42.4. The van der Waals surface area contributed by atoms with E-state index in [9.17, 15) is 18.3 Å². The number of nitrogens with zero attached hydrogens (tertiary/aromatic N) is 1. The van der Waals surface area contributed by atoms with E-state index in [-0.39, 0.29) is 6.61 Å². The average Bonchev–Trinajstić information content (AvgIpc) is 2.22. The SMILES string of the molecule is C[C@H]1OCC(O)c2cnc(C(F)(F)F)cc21. The fourth-order valence-electron chi connectivity index (χ4n) is 1.68. The number of ether oxygens (including phenoxy) is 1. The average molecular weight is 233 g/mol. The van der Waals surface area contributed by atoms with Crippen LogP contribution in [0.3, 0.4) is 0 Å². The van der Waals surface area contributed by atoms with Crippen LogP contribution >= 0.6 is 0 Å². The van der Waals surface area contributed by atoms with Gasteiger partial charge in [-0.15, -0.1) is 0 Å². The van der Waals surface area contributed by atoms with Crippen LogP contribution in [0.5, 0.6) is 0 Å². The second kappa shape index (κ2) is 3.71. The summed E-state index contributed by atoms with van der Waals surface area (Å²) in [6.07, 6.45) is -4.76. The predicted molar refractivity (Wildman–Crippen MR) is 48.6 cm³/mol. The molecule has 6 heteroatoms. The number of aliphatic hydroxyl groups excluding tert-OH is 1. The second-order valence-corrected chi connectivity index (χ2v) is 3.69. The highest BCUT2D eigenvalue weighted by atomic mass is 19.4. The van der Waals surface area contributed by atoms with Crippen LogP contribution in [0.2, 0.25) is 0 Å². The fourth-order valence-corrected chi connectivity index (χ4v) is 1.68. The van der Waals surface area contributed by atoms with Crippen LogP contribution in [0.15, 0.2) is 12.3 Å². The van der Waals surface area contributed by atoms with E-state index in [1.54, 1.807) is 6.92 Å². The van der Waals surface area contributed by atoms with Crippen LogP contribution in [0.4, 0.5) is 13.2 Å². The molecule has 1 unspecified atom stereocenters. The summed E-state index contributed by atoms with van der Waals surface area (Å²) in [5.74, 6) is 0. The van der Waals surface area contributed by atoms with E-state index in [0.717, 1.165) is 12.3 Å². The van der Waals surface area contributed by atoms with E-state index in [1.165, 1.54) is 0 Å². The van der Waals surface area contributed by atoms with Crippen LogP contribution in [0.25, 0.3) is 0 Å². The molecule has 0 aliphatic carbocycles. The molecule has 1 N–H and O–H groups in total. The molecule has 1 aliphatic rings. The second-order valence-electron chi connectivity index (χ2n) is 3.69. The molecule has 88 valence electrons. The third kappa shape index (κ3) is 1.90. The molecule has 3 nitrogen and oxygen atoms in total. The normalized spacial score (nSPS) is 25.3. The highest BCUT2D eigenvalue weighted by Crippen LogP contribution is 2.35. The molecule has 0 bridgehead atoms. The fraction of sp³-hybridized carbons (Fsp3) is 0.500. The molecular weight excluding hydrogens is 223 g/mol. The van der Waals surface area contributed by atoms with Gasteiger partial charge in [0.15, 0.2) is 0 Å². The third-order valence-corrected chi connectivity index (χ3v) is 2.56. The van der Waals surface area contributed by atoms with Crippen molar-refractivity contribution in [2.24, 2.45) is 0 Å². The van der Waals surface area contributed by atoms with E-state index in [0.29, 0.717) is 11.1 Å². The smallest absolute Gasteiger partial charge is 0.386 e. The molecule has 1 aromatic rings. The van der Waals surface area contributed by atoms with Crippen molar-refractivity contribution in [2.75, 3.05) is 6.61 Å². The van der Waals surface area contributed by atoms with Gasteiger partial charge in [-0.2, -0.15) is 13.2 Å². The number of fused-ring (bicyclic) bond motifs is 1. The Balaban J connectivity index is 2.48. The lowest BCUT2D eigenvalue weighted by atomic mass is 9.98. The van der Waals surface area contributed by atoms with Crippen molar-refractivity contribution in [1.82, 2.24) is 4.98 Å². The van der Waals surface area contributed by atoms with Gasteiger partial charge >= 0.3 is 6.18 Å². The molecule has 16 heavy (non-hydrogen) atoms. The first kappa shape index (κ1) is 11.3. The van der Waals surface area contributed by atoms with E-state index in [1.807, 2.05) is 0 Å².